The molecule has 0 bridgehead atoms. The van der Waals surface area contributed by atoms with E-state index in [0.717, 1.165) is 11.1 Å². The number of nitrogens with zero attached hydrogens (tertiary/aromatic N) is 1. The summed E-state index contributed by atoms with van der Waals surface area (Å²) in [6.45, 7) is 6.10. The third kappa shape index (κ3) is 4.39. The number of benzene rings is 1. The van der Waals surface area contributed by atoms with Gasteiger partial charge in [0.1, 0.15) is 0 Å². The SMILES string of the molecule is Cc1ccc(CN(C)C(=O)CC(C)C(=O)O)c(C)c1. The van der Waals surface area contributed by atoms with Crippen molar-refractivity contribution < 1.29 is 14.7 Å². The second-order valence-corrected chi connectivity index (χ2v) is 5.12. The lowest BCUT2D eigenvalue weighted by Gasteiger charge is -2.19. The first-order valence-corrected chi connectivity index (χ1v) is 6.34. The molecular weight excluding hydrogens is 242 g/mol. The van der Waals surface area contributed by atoms with Crippen LogP contribution in [0.1, 0.15) is 30.0 Å². The molecule has 1 unspecified atom stereocenters. The Kier molecular flexibility index (Phi) is 5.10. The Labute approximate surface area is 114 Å². The van der Waals surface area contributed by atoms with Gasteiger partial charge in [-0.1, -0.05) is 30.7 Å². The normalized spacial score (nSPS) is 12.0. The van der Waals surface area contributed by atoms with Gasteiger partial charge in [-0.05, 0) is 25.0 Å². The number of aryl methyl sites for hydroxylation is 2. The zero-order chi connectivity index (χ0) is 14.6. The summed E-state index contributed by atoms with van der Waals surface area (Å²) >= 11 is 0. The number of hydrogen-bond acceptors (Lipinski definition) is 2. The summed E-state index contributed by atoms with van der Waals surface area (Å²) in [5, 5.41) is 8.81. The zero-order valence-electron chi connectivity index (χ0n) is 11.9. The summed E-state index contributed by atoms with van der Waals surface area (Å²) in [6.07, 6.45) is 0.0384. The number of carbonyl (C=O) groups is 2. The number of carboxylic acid groups (broad SMARTS) is 1. The van der Waals surface area contributed by atoms with E-state index in [1.807, 2.05) is 26.0 Å². The van der Waals surface area contributed by atoms with Crippen molar-refractivity contribution in [3.05, 3.63) is 34.9 Å². The second kappa shape index (κ2) is 6.36. The van der Waals surface area contributed by atoms with Gasteiger partial charge < -0.3 is 10.0 Å². The Morgan fingerprint density at radius 3 is 2.47 bits per heavy atom. The smallest absolute Gasteiger partial charge is 0.306 e. The first kappa shape index (κ1) is 15.2. The highest BCUT2D eigenvalue weighted by atomic mass is 16.4. The van der Waals surface area contributed by atoms with E-state index in [9.17, 15) is 9.59 Å². The van der Waals surface area contributed by atoms with Crippen molar-refractivity contribution >= 4 is 11.9 Å². The van der Waals surface area contributed by atoms with Crippen molar-refractivity contribution in [2.75, 3.05) is 7.05 Å². The Morgan fingerprint density at radius 1 is 1.32 bits per heavy atom. The van der Waals surface area contributed by atoms with Crippen LogP contribution in [-0.4, -0.2) is 28.9 Å². The molecule has 0 aromatic heterocycles. The number of rotatable bonds is 5. The molecule has 4 nitrogen and oxygen atoms in total. The summed E-state index contributed by atoms with van der Waals surface area (Å²) in [7, 11) is 1.70. The van der Waals surface area contributed by atoms with Crippen molar-refractivity contribution in [3.63, 3.8) is 0 Å². The average Bonchev–Trinajstić information content (AvgIpc) is 2.32. The van der Waals surface area contributed by atoms with Crippen LogP contribution in [0, 0.1) is 19.8 Å². The molecule has 0 saturated heterocycles. The van der Waals surface area contributed by atoms with Crippen LogP contribution in [0.5, 0.6) is 0 Å². The maximum Gasteiger partial charge on any atom is 0.306 e. The molecule has 0 spiro atoms. The van der Waals surface area contributed by atoms with Crippen LogP contribution < -0.4 is 0 Å². The van der Waals surface area contributed by atoms with Gasteiger partial charge in [0, 0.05) is 20.0 Å². The summed E-state index contributed by atoms with van der Waals surface area (Å²) in [4.78, 5) is 24.2. The summed E-state index contributed by atoms with van der Waals surface area (Å²) in [5.41, 5.74) is 3.42. The van der Waals surface area contributed by atoms with Gasteiger partial charge in [0.25, 0.3) is 0 Å². The molecule has 0 aliphatic carbocycles. The molecule has 4 heteroatoms. The maximum atomic E-state index is 11.9. The summed E-state index contributed by atoms with van der Waals surface area (Å²) in [6, 6.07) is 6.10. The molecule has 0 heterocycles. The van der Waals surface area contributed by atoms with Crippen molar-refractivity contribution in [1.82, 2.24) is 4.90 Å². The Hall–Kier alpha value is -1.84. The molecule has 0 saturated carbocycles. The highest BCUT2D eigenvalue weighted by Crippen LogP contribution is 2.14. The fraction of sp³-hybridized carbons (Fsp3) is 0.467. The van der Waals surface area contributed by atoms with Crippen LogP contribution in [-0.2, 0) is 16.1 Å². The van der Waals surface area contributed by atoms with Crippen molar-refractivity contribution in [2.45, 2.75) is 33.7 Å². The fourth-order valence-corrected chi connectivity index (χ4v) is 1.87. The molecule has 0 aliphatic rings. The predicted octanol–water partition coefficient (Wildman–Crippen LogP) is 2.37. The van der Waals surface area contributed by atoms with E-state index >= 15 is 0 Å². The fourth-order valence-electron chi connectivity index (χ4n) is 1.87. The van der Waals surface area contributed by atoms with Crippen LogP contribution >= 0.6 is 0 Å². The van der Waals surface area contributed by atoms with E-state index in [1.54, 1.807) is 18.9 Å². The van der Waals surface area contributed by atoms with Gasteiger partial charge in [0.05, 0.1) is 5.92 Å². The van der Waals surface area contributed by atoms with E-state index < -0.39 is 11.9 Å². The number of amides is 1. The standard InChI is InChI=1S/C15H21NO3/c1-10-5-6-13(11(2)7-10)9-16(4)14(17)8-12(3)15(18)19/h5-7,12H,8-9H2,1-4H3,(H,18,19). The van der Waals surface area contributed by atoms with Crippen molar-refractivity contribution in [1.29, 1.82) is 0 Å². The Morgan fingerprint density at radius 2 is 1.95 bits per heavy atom. The van der Waals surface area contributed by atoms with Crippen LogP contribution in [0.15, 0.2) is 18.2 Å². The zero-order valence-corrected chi connectivity index (χ0v) is 11.9. The number of carbonyl (C=O) groups excluding carboxylic acids is 1. The molecule has 0 radical (unpaired) electrons. The van der Waals surface area contributed by atoms with Crippen molar-refractivity contribution in [3.8, 4) is 0 Å². The van der Waals surface area contributed by atoms with Gasteiger partial charge in [0.15, 0.2) is 0 Å². The van der Waals surface area contributed by atoms with Crippen LogP contribution in [0.4, 0.5) is 0 Å². The first-order chi connectivity index (χ1) is 8.81. The molecule has 19 heavy (non-hydrogen) atoms. The molecule has 1 amide bonds. The number of hydrogen-bond donors (Lipinski definition) is 1. The molecule has 1 atom stereocenters. The van der Waals surface area contributed by atoms with Crippen LogP contribution in [0.25, 0.3) is 0 Å². The minimum Gasteiger partial charge on any atom is -0.481 e. The van der Waals surface area contributed by atoms with E-state index in [-0.39, 0.29) is 12.3 Å². The summed E-state index contributed by atoms with van der Waals surface area (Å²) < 4.78 is 0. The van der Waals surface area contributed by atoms with Gasteiger partial charge in [-0.2, -0.15) is 0 Å². The van der Waals surface area contributed by atoms with Gasteiger partial charge in [-0.3, -0.25) is 9.59 Å². The van der Waals surface area contributed by atoms with E-state index in [4.69, 9.17) is 5.11 Å². The average molecular weight is 263 g/mol. The molecule has 0 aliphatic heterocycles. The minimum atomic E-state index is -0.937. The quantitative estimate of drug-likeness (QED) is 0.887. The van der Waals surface area contributed by atoms with Crippen molar-refractivity contribution in [2.24, 2.45) is 5.92 Å². The topological polar surface area (TPSA) is 57.6 Å². The summed E-state index contributed by atoms with van der Waals surface area (Å²) in [5.74, 6) is -1.72. The highest BCUT2D eigenvalue weighted by molar-refractivity contribution is 5.81. The predicted molar refractivity (Wildman–Crippen MR) is 73.8 cm³/mol. The monoisotopic (exact) mass is 263 g/mol. The number of aliphatic carboxylic acids is 1. The molecule has 1 aromatic carbocycles. The van der Waals surface area contributed by atoms with E-state index in [0.29, 0.717) is 6.54 Å². The molecule has 1 N–H and O–H groups in total. The van der Waals surface area contributed by atoms with Gasteiger partial charge >= 0.3 is 5.97 Å². The highest BCUT2D eigenvalue weighted by Gasteiger charge is 2.18. The first-order valence-electron chi connectivity index (χ1n) is 6.34. The van der Waals surface area contributed by atoms with Gasteiger partial charge in [-0.15, -0.1) is 0 Å². The minimum absolute atomic E-state index is 0.0384. The second-order valence-electron chi connectivity index (χ2n) is 5.12. The van der Waals surface area contributed by atoms with Crippen LogP contribution in [0.2, 0.25) is 0 Å². The molecule has 1 aromatic rings. The lowest BCUT2D eigenvalue weighted by atomic mass is 10.0. The van der Waals surface area contributed by atoms with Crippen LogP contribution in [0.3, 0.4) is 0 Å². The molecular formula is C15H21NO3. The third-order valence-electron chi connectivity index (χ3n) is 3.23. The molecule has 0 fully saturated rings. The van der Waals surface area contributed by atoms with Gasteiger partial charge in [-0.25, -0.2) is 0 Å². The lowest BCUT2D eigenvalue weighted by Crippen LogP contribution is -2.29. The Balaban J connectivity index is 2.66. The maximum absolute atomic E-state index is 11.9. The lowest BCUT2D eigenvalue weighted by molar-refractivity contribution is -0.145. The molecule has 104 valence electrons. The molecule has 1 rings (SSSR count). The largest absolute Gasteiger partial charge is 0.481 e. The Bertz CT molecular complexity index is 482. The number of carboxylic acids is 1. The third-order valence-corrected chi connectivity index (χ3v) is 3.23. The van der Waals surface area contributed by atoms with Gasteiger partial charge in [0.2, 0.25) is 5.91 Å². The van der Waals surface area contributed by atoms with E-state index in [2.05, 4.69) is 6.07 Å². The van der Waals surface area contributed by atoms with E-state index in [1.165, 1.54) is 5.56 Å².